The molecule has 1 heterocycles. The van der Waals surface area contributed by atoms with E-state index in [1.165, 1.54) is 12.1 Å². The number of aldehydes is 1. The molecule has 1 aliphatic rings. The van der Waals surface area contributed by atoms with Gasteiger partial charge >= 0.3 is 0 Å². The van der Waals surface area contributed by atoms with Gasteiger partial charge < -0.3 is 9.53 Å². The number of ether oxygens (including phenoxy) is 1. The molecule has 1 unspecified atom stereocenters. The summed E-state index contributed by atoms with van der Waals surface area (Å²) in [7, 11) is 0. The second kappa shape index (κ2) is 5.82. The molecule has 1 aliphatic heterocycles. The zero-order valence-corrected chi connectivity index (χ0v) is 12.6. The van der Waals surface area contributed by atoms with Crippen molar-refractivity contribution in [3.63, 3.8) is 0 Å². The molecule has 1 atom stereocenters. The maximum absolute atomic E-state index is 13.3. The molecule has 2 nitrogen and oxygen atoms in total. The van der Waals surface area contributed by atoms with Crippen LogP contribution in [0.25, 0.3) is 11.1 Å². The Bertz CT molecular complexity index is 724. The molecule has 0 N–H and O–H groups in total. The number of benzene rings is 2. The third-order valence-corrected chi connectivity index (χ3v) is 3.96. The maximum Gasteiger partial charge on any atom is 0.131 e. The van der Waals surface area contributed by atoms with E-state index in [1.807, 2.05) is 24.3 Å². The molecule has 0 radical (unpaired) electrons. The van der Waals surface area contributed by atoms with Crippen LogP contribution in [0, 0.1) is 5.82 Å². The van der Waals surface area contributed by atoms with E-state index >= 15 is 0 Å². The number of hydrogen-bond donors (Lipinski definition) is 0. The minimum Gasteiger partial charge on any atom is -0.461 e. The predicted molar refractivity (Wildman–Crippen MR) is 83.1 cm³/mol. The van der Waals surface area contributed by atoms with Crippen molar-refractivity contribution >= 4 is 22.2 Å². The Kier molecular flexibility index (Phi) is 3.88. The third-order valence-electron chi connectivity index (χ3n) is 3.41. The summed E-state index contributed by atoms with van der Waals surface area (Å²) in [5, 5.41) is 0.558. The van der Waals surface area contributed by atoms with Gasteiger partial charge in [-0.3, -0.25) is 0 Å². The number of halogens is 2. The van der Waals surface area contributed by atoms with E-state index < -0.39 is 0 Å². The van der Waals surface area contributed by atoms with Crippen LogP contribution in [0.4, 0.5) is 4.39 Å². The lowest BCUT2D eigenvalue weighted by atomic mass is 9.93. The molecule has 0 aliphatic carbocycles. The zero-order chi connectivity index (χ0) is 14.8. The molecule has 0 aromatic heterocycles. The number of fused-ring (bicyclic) bond motifs is 1. The highest BCUT2D eigenvalue weighted by molar-refractivity contribution is 9.09. The maximum atomic E-state index is 13.3. The second-order valence-corrected chi connectivity index (χ2v) is 5.35. The number of allylic oxidation sites excluding steroid dienone is 2. The van der Waals surface area contributed by atoms with Gasteiger partial charge in [0.25, 0.3) is 0 Å². The van der Waals surface area contributed by atoms with E-state index in [2.05, 4.69) is 15.9 Å². The Balaban J connectivity index is 2.06. The molecule has 106 valence electrons. The largest absolute Gasteiger partial charge is 0.461 e. The van der Waals surface area contributed by atoms with Crippen LogP contribution in [0.2, 0.25) is 0 Å². The van der Waals surface area contributed by atoms with E-state index in [0.717, 1.165) is 28.7 Å². The smallest absolute Gasteiger partial charge is 0.131 e. The van der Waals surface area contributed by atoms with Gasteiger partial charge in [0.15, 0.2) is 0 Å². The Morgan fingerprint density at radius 2 is 2.00 bits per heavy atom. The van der Waals surface area contributed by atoms with Crippen molar-refractivity contribution in [3.05, 3.63) is 65.7 Å². The summed E-state index contributed by atoms with van der Waals surface area (Å²) in [5.74, 6) is 0.770. The zero-order valence-electron chi connectivity index (χ0n) is 11.1. The molecule has 0 amide bonds. The SMILES string of the molecule is O=CC1C=C(CBr)Oc2ccc(-c3cccc(F)c3)cc21. The van der Waals surface area contributed by atoms with Crippen LogP contribution in [0.15, 0.2) is 54.3 Å². The fourth-order valence-electron chi connectivity index (χ4n) is 2.40. The lowest BCUT2D eigenvalue weighted by Crippen LogP contribution is -2.11. The van der Waals surface area contributed by atoms with Gasteiger partial charge in [-0.25, -0.2) is 4.39 Å². The number of alkyl halides is 1. The first-order chi connectivity index (χ1) is 10.2. The Hall–Kier alpha value is -1.94. The average Bonchev–Trinajstić information content (AvgIpc) is 2.53. The Morgan fingerprint density at radius 1 is 1.19 bits per heavy atom. The molecule has 0 fully saturated rings. The lowest BCUT2D eigenvalue weighted by molar-refractivity contribution is -0.108. The molecule has 2 aromatic rings. The van der Waals surface area contributed by atoms with Crippen molar-refractivity contribution in [2.24, 2.45) is 0 Å². The Labute approximate surface area is 130 Å². The molecule has 4 heteroatoms. The monoisotopic (exact) mass is 346 g/mol. The molecule has 21 heavy (non-hydrogen) atoms. The van der Waals surface area contributed by atoms with Crippen LogP contribution in [0.1, 0.15) is 11.5 Å². The van der Waals surface area contributed by atoms with Gasteiger partial charge in [0.05, 0.1) is 11.2 Å². The first-order valence-electron chi connectivity index (χ1n) is 6.51. The van der Waals surface area contributed by atoms with Gasteiger partial charge in [0.2, 0.25) is 0 Å². The minimum absolute atomic E-state index is 0.283. The molecular weight excluding hydrogens is 335 g/mol. The summed E-state index contributed by atoms with van der Waals surface area (Å²) >= 11 is 3.33. The van der Waals surface area contributed by atoms with Gasteiger partial charge in [-0.05, 0) is 41.5 Å². The standard InChI is InChI=1S/C17H12BrFO2/c18-9-15-7-13(10-20)16-8-12(4-5-17(16)21-15)11-2-1-3-14(19)6-11/h1-8,10,13H,9H2. The van der Waals surface area contributed by atoms with Gasteiger partial charge in [-0.2, -0.15) is 0 Å². The topological polar surface area (TPSA) is 26.3 Å². The minimum atomic E-state index is -0.338. The van der Waals surface area contributed by atoms with Crippen molar-refractivity contribution in [2.75, 3.05) is 5.33 Å². The van der Waals surface area contributed by atoms with Crippen LogP contribution >= 0.6 is 15.9 Å². The highest BCUT2D eigenvalue weighted by Crippen LogP contribution is 2.36. The number of rotatable bonds is 3. The molecule has 0 spiro atoms. The highest BCUT2D eigenvalue weighted by atomic mass is 79.9. The molecule has 0 bridgehead atoms. The first-order valence-corrected chi connectivity index (χ1v) is 7.63. The van der Waals surface area contributed by atoms with Crippen molar-refractivity contribution in [1.82, 2.24) is 0 Å². The van der Waals surface area contributed by atoms with E-state index in [0.29, 0.717) is 11.1 Å². The van der Waals surface area contributed by atoms with E-state index in [9.17, 15) is 9.18 Å². The van der Waals surface area contributed by atoms with Crippen molar-refractivity contribution < 1.29 is 13.9 Å². The molecule has 3 rings (SSSR count). The fraction of sp³-hybridized carbons (Fsp3) is 0.118. The van der Waals surface area contributed by atoms with Crippen LogP contribution < -0.4 is 4.74 Å². The van der Waals surface area contributed by atoms with Gasteiger partial charge in [0, 0.05) is 5.56 Å². The fourth-order valence-corrected chi connectivity index (χ4v) is 2.70. The Morgan fingerprint density at radius 3 is 2.71 bits per heavy atom. The lowest BCUT2D eigenvalue weighted by Gasteiger charge is -2.21. The first kappa shape index (κ1) is 14.0. The van der Waals surface area contributed by atoms with Crippen molar-refractivity contribution in [1.29, 1.82) is 0 Å². The van der Waals surface area contributed by atoms with Gasteiger partial charge in [-0.15, -0.1) is 0 Å². The summed E-state index contributed by atoms with van der Waals surface area (Å²) in [6, 6.07) is 12.0. The number of carbonyl (C=O) groups excluding carboxylic acids is 1. The third kappa shape index (κ3) is 2.76. The summed E-state index contributed by atoms with van der Waals surface area (Å²) in [6.07, 6.45) is 2.68. The van der Waals surface area contributed by atoms with Crippen LogP contribution in [-0.4, -0.2) is 11.6 Å². The van der Waals surface area contributed by atoms with E-state index in [4.69, 9.17) is 4.74 Å². The normalized spacial score (nSPS) is 16.7. The molecule has 2 aromatic carbocycles. The van der Waals surface area contributed by atoms with Crippen molar-refractivity contribution in [3.8, 4) is 16.9 Å². The van der Waals surface area contributed by atoms with Gasteiger partial charge in [0.1, 0.15) is 23.6 Å². The molecular formula is C17H12BrFO2. The van der Waals surface area contributed by atoms with Crippen LogP contribution in [0.5, 0.6) is 5.75 Å². The summed E-state index contributed by atoms with van der Waals surface area (Å²) in [6.45, 7) is 0. The second-order valence-electron chi connectivity index (χ2n) is 4.79. The van der Waals surface area contributed by atoms with E-state index in [1.54, 1.807) is 12.1 Å². The van der Waals surface area contributed by atoms with Crippen LogP contribution in [-0.2, 0) is 4.79 Å². The molecule has 0 saturated carbocycles. The number of hydrogen-bond acceptors (Lipinski definition) is 2. The summed E-state index contributed by atoms with van der Waals surface area (Å²) in [4.78, 5) is 11.3. The van der Waals surface area contributed by atoms with E-state index in [-0.39, 0.29) is 11.7 Å². The summed E-state index contributed by atoms with van der Waals surface area (Å²) in [5.41, 5.74) is 2.44. The highest BCUT2D eigenvalue weighted by Gasteiger charge is 2.21. The number of carbonyl (C=O) groups is 1. The average molecular weight is 347 g/mol. The van der Waals surface area contributed by atoms with Crippen molar-refractivity contribution in [2.45, 2.75) is 5.92 Å². The van der Waals surface area contributed by atoms with Crippen LogP contribution in [0.3, 0.4) is 0 Å². The quantitative estimate of drug-likeness (QED) is 0.606. The molecule has 0 saturated heterocycles. The summed E-state index contributed by atoms with van der Waals surface area (Å²) < 4.78 is 19.0. The predicted octanol–water partition coefficient (Wildman–Crippen LogP) is 4.45. The van der Waals surface area contributed by atoms with Gasteiger partial charge in [-0.1, -0.05) is 34.1 Å².